The number of hydrogen-bond donors (Lipinski definition) is 0. The molecule has 0 N–H and O–H groups in total. The van der Waals surface area contributed by atoms with Crippen LogP contribution in [0, 0.1) is 13.8 Å². The Bertz CT molecular complexity index is 620. The number of rotatable bonds is 7. The molecule has 0 radical (unpaired) electrons. The van der Waals surface area contributed by atoms with E-state index in [0.717, 1.165) is 6.61 Å². The highest BCUT2D eigenvalue weighted by atomic mass is 16.5. The molecule has 1 aliphatic carbocycles. The van der Waals surface area contributed by atoms with Crippen molar-refractivity contribution in [3.05, 3.63) is 58.7 Å². The molecule has 0 bridgehead atoms. The third-order valence-corrected chi connectivity index (χ3v) is 4.80. The van der Waals surface area contributed by atoms with Crippen LogP contribution in [-0.4, -0.2) is 6.61 Å². The largest absolute Gasteiger partial charge is 0.369 e. The van der Waals surface area contributed by atoms with Crippen LogP contribution >= 0.6 is 0 Å². The Morgan fingerprint density at radius 2 is 1.35 bits per heavy atom. The van der Waals surface area contributed by atoms with Gasteiger partial charge in [0, 0.05) is 6.61 Å². The highest BCUT2D eigenvalue weighted by Crippen LogP contribution is 2.46. The molecule has 3 rings (SSSR count). The first kappa shape index (κ1) is 16.3. The van der Waals surface area contributed by atoms with E-state index in [1.54, 1.807) is 0 Å². The molecule has 23 heavy (non-hydrogen) atoms. The molecule has 0 aliphatic heterocycles. The molecule has 0 aromatic heterocycles. The van der Waals surface area contributed by atoms with Gasteiger partial charge in [0.25, 0.3) is 0 Å². The lowest BCUT2D eigenvalue weighted by Crippen LogP contribution is -2.05. The third-order valence-electron chi connectivity index (χ3n) is 4.80. The van der Waals surface area contributed by atoms with Crippen LogP contribution in [0.4, 0.5) is 0 Å². The first-order valence-electron chi connectivity index (χ1n) is 9.03. The summed E-state index contributed by atoms with van der Waals surface area (Å²) in [6.45, 7) is 7.44. The zero-order valence-electron chi connectivity index (χ0n) is 14.7. The molecule has 0 saturated carbocycles. The zero-order valence-corrected chi connectivity index (χ0v) is 14.7. The van der Waals surface area contributed by atoms with E-state index in [1.165, 1.54) is 65.5 Å². The van der Waals surface area contributed by atoms with Gasteiger partial charge in [-0.1, -0.05) is 80.1 Å². The van der Waals surface area contributed by atoms with Crippen molar-refractivity contribution < 1.29 is 4.74 Å². The van der Waals surface area contributed by atoms with Crippen LogP contribution < -0.4 is 0 Å². The third kappa shape index (κ3) is 3.50. The van der Waals surface area contributed by atoms with E-state index in [1.807, 2.05) is 0 Å². The second-order valence-electron chi connectivity index (χ2n) is 6.85. The van der Waals surface area contributed by atoms with Crippen LogP contribution in [0.1, 0.15) is 67.4 Å². The molecule has 1 heteroatoms. The normalized spacial score (nSPS) is 13.2. The minimum Gasteiger partial charge on any atom is -0.369 e. The summed E-state index contributed by atoms with van der Waals surface area (Å²) in [5.41, 5.74) is 8.01. The van der Waals surface area contributed by atoms with Crippen LogP contribution in [0.5, 0.6) is 0 Å². The summed E-state index contributed by atoms with van der Waals surface area (Å²) >= 11 is 0. The Labute approximate surface area is 140 Å². The quantitative estimate of drug-likeness (QED) is 0.541. The van der Waals surface area contributed by atoms with Crippen molar-refractivity contribution in [2.45, 2.75) is 59.0 Å². The molecule has 0 amide bonds. The Morgan fingerprint density at radius 1 is 0.783 bits per heavy atom. The van der Waals surface area contributed by atoms with Crippen molar-refractivity contribution >= 4 is 0 Å². The van der Waals surface area contributed by atoms with Gasteiger partial charge in [0.1, 0.15) is 6.10 Å². The van der Waals surface area contributed by atoms with E-state index >= 15 is 0 Å². The summed E-state index contributed by atoms with van der Waals surface area (Å²) in [7, 11) is 0. The van der Waals surface area contributed by atoms with Crippen molar-refractivity contribution in [2.24, 2.45) is 0 Å². The van der Waals surface area contributed by atoms with Gasteiger partial charge in [0.2, 0.25) is 0 Å². The van der Waals surface area contributed by atoms with Gasteiger partial charge < -0.3 is 4.74 Å². The van der Waals surface area contributed by atoms with Crippen molar-refractivity contribution in [3.63, 3.8) is 0 Å². The fraction of sp³-hybridized carbons (Fsp3) is 0.455. The number of benzene rings is 2. The highest BCUT2D eigenvalue weighted by Gasteiger charge is 2.29. The molecule has 0 atom stereocenters. The molecule has 2 aromatic rings. The molecule has 0 unspecified atom stereocenters. The fourth-order valence-corrected chi connectivity index (χ4v) is 3.54. The lowest BCUT2D eigenvalue weighted by Gasteiger charge is -2.16. The van der Waals surface area contributed by atoms with Crippen molar-refractivity contribution in [2.75, 3.05) is 6.61 Å². The molecular formula is C22H28O. The van der Waals surface area contributed by atoms with Gasteiger partial charge in [0.05, 0.1) is 0 Å². The Kier molecular flexibility index (Phi) is 5.17. The van der Waals surface area contributed by atoms with Crippen molar-refractivity contribution in [3.8, 4) is 11.1 Å². The molecule has 0 spiro atoms. The van der Waals surface area contributed by atoms with Crippen LogP contribution in [0.2, 0.25) is 0 Å². The number of hydrogen-bond acceptors (Lipinski definition) is 1. The van der Waals surface area contributed by atoms with Crippen LogP contribution in [-0.2, 0) is 4.74 Å². The van der Waals surface area contributed by atoms with Gasteiger partial charge in [-0.2, -0.15) is 0 Å². The second kappa shape index (κ2) is 7.31. The average molecular weight is 308 g/mol. The molecule has 2 aromatic carbocycles. The number of ether oxygens (including phenoxy) is 1. The summed E-state index contributed by atoms with van der Waals surface area (Å²) in [4.78, 5) is 0. The predicted molar refractivity (Wildman–Crippen MR) is 97.9 cm³/mol. The van der Waals surface area contributed by atoms with Gasteiger partial charge >= 0.3 is 0 Å². The summed E-state index contributed by atoms with van der Waals surface area (Å²) in [6, 6.07) is 13.5. The Morgan fingerprint density at radius 3 is 1.91 bits per heavy atom. The SMILES string of the molecule is CCCCCCCOC1c2cc(C)ccc2-c2ccc(C)cc21. The van der Waals surface area contributed by atoms with E-state index in [2.05, 4.69) is 57.2 Å². The first-order valence-corrected chi connectivity index (χ1v) is 9.03. The molecule has 0 fully saturated rings. The van der Waals surface area contributed by atoms with Crippen molar-refractivity contribution in [1.29, 1.82) is 0 Å². The first-order chi connectivity index (χ1) is 11.2. The predicted octanol–water partition coefficient (Wildman–Crippen LogP) is 6.36. The summed E-state index contributed by atoms with van der Waals surface area (Å²) in [5.74, 6) is 0. The van der Waals surface area contributed by atoms with Gasteiger partial charge in [-0.25, -0.2) is 0 Å². The van der Waals surface area contributed by atoms with Crippen LogP contribution in [0.3, 0.4) is 0 Å². The van der Waals surface area contributed by atoms with Crippen molar-refractivity contribution in [1.82, 2.24) is 0 Å². The summed E-state index contributed by atoms with van der Waals surface area (Å²) in [5, 5.41) is 0. The minimum atomic E-state index is 0.117. The molecule has 0 heterocycles. The Balaban J connectivity index is 1.77. The van der Waals surface area contributed by atoms with E-state index in [4.69, 9.17) is 4.74 Å². The van der Waals surface area contributed by atoms with E-state index in [-0.39, 0.29) is 6.10 Å². The van der Waals surface area contributed by atoms with E-state index in [9.17, 15) is 0 Å². The van der Waals surface area contributed by atoms with E-state index < -0.39 is 0 Å². The number of fused-ring (bicyclic) bond motifs is 3. The number of aryl methyl sites for hydroxylation is 2. The molecule has 122 valence electrons. The fourth-order valence-electron chi connectivity index (χ4n) is 3.54. The molecular weight excluding hydrogens is 280 g/mol. The monoisotopic (exact) mass is 308 g/mol. The molecule has 0 saturated heterocycles. The van der Waals surface area contributed by atoms with Gasteiger partial charge in [-0.3, -0.25) is 0 Å². The summed E-state index contributed by atoms with van der Waals surface area (Å²) in [6.07, 6.45) is 6.53. The Hall–Kier alpha value is -1.60. The van der Waals surface area contributed by atoms with E-state index in [0.29, 0.717) is 0 Å². The smallest absolute Gasteiger partial charge is 0.109 e. The minimum absolute atomic E-state index is 0.117. The van der Waals surface area contributed by atoms with Gasteiger partial charge in [-0.15, -0.1) is 0 Å². The lowest BCUT2D eigenvalue weighted by molar-refractivity contribution is 0.0796. The van der Waals surface area contributed by atoms with Crippen LogP contribution in [0.15, 0.2) is 36.4 Å². The molecule has 1 aliphatic rings. The second-order valence-corrected chi connectivity index (χ2v) is 6.85. The highest BCUT2D eigenvalue weighted by molar-refractivity contribution is 5.78. The summed E-state index contributed by atoms with van der Waals surface area (Å²) < 4.78 is 6.35. The lowest BCUT2D eigenvalue weighted by atomic mass is 10.0. The number of unbranched alkanes of at least 4 members (excludes halogenated alkanes) is 4. The maximum absolute atomic E-state index is 6.35. The standard InChI is InChI=1S/C22H28O/c1-4-5-6-7-8-13-23-22-20-14-16(2)9-11-18(20)19-12-10-17(3)15-21(19)22/h9-12,14-15,22H,4-8,13H2,1-3H3. The van der Waals surface area contributed by atoms with Gasteiger partial charge in [-0.05, 0) is 42.5 Å². The van der Waals surface area contributed by atoms with Gasteiger partial charge in [0.15, 0.2) is 0 Å². The molecule has 1 nitrogen and oxygen atoms in total. The maximum atomic E-state index is 6.35. The maximum Gasteiger partial charge on any atom is 0.109 e. The average Bonchev–Trinajstić information content (AvgIpc) is 2.83. The topological polar surface area (TPSA) is 9.23 Å². The zero-order chi connectivity index (χ0) is 16.2. The van der Waals surface area contributed by atoms with Crippen LogP contribution in [0.25, 0.3) is 11.1 Å².